The first-order chi connectivity index (χ1) is 6.65. The van der Waals surface area contributed by atoms with Crippen molar-refractivity contribution in [2.45, 2.75) is 44.1 Å². The van der Waals surface area contributed by atoms with Crippen LogP contribution in [-0.2, 0) is 14.2 Å². The standard InChI is InChI=1S/C9H18O5/c1-4-5-6(10)8(12-2)7(11)9(13-3)14-5/h5-11H,4H2,1-3H3. The summed E-state index contributed by atoms with van der Waals surface area (Å²) in [7, 11) is 2.90. The summed E-state index contributed by atoms with van der Waals surface area (Å²) in [6.45, 7) is 1.89. The molecule has 0 aromatic heterocycles. The van der Waals surface area contributed by atoms with Gasteiger partial charge in [0.15, 0.2) is 6.29 Å². The molecule has 14 heavy (non-hydrogen) atoms. The van der Waals surface area contributed by atoms with E-state index in [2.05, 4.69) is 0 Å². The normalized spacial score (nSPS) is 43.9. The monoisotopic (exact) mass is 206 g/mol. The predicted octanol–water partition coefficient (Wildman–Crippen LogP) is -0.496. The van der Waals surface area contributed by atoms with Crippen molar-refractivity contribution in [2.75, 3.05) is 14.2 Å². The van der Waals surface area contributed by atoms with Crippen LogP contribution in [0.5, 0.6) is 0 Å². The topological polar surface area (TPSA) is 68.2 Å². The van der Waals surface area contributed by atoms with Crippen LogP contribution in [0, 0.1) is 0 Å². The number of aliphatic hydroxyl groups is 2. The molecular formula is C9H18O5. The molecule has 1 fully saturated rings. The second-order valence-corrected chi connectivity index (χ2v) is 3.37. The van der Waals surface area contributed by atoms with E-state index in [0.717, 1.165) is 0 Å². The van der Waals surface area contributed by atoms with Crippen LogP contribution in [0.2, 0.25) is 0 Å². The van der Waals surface area contributed by atoms with Gasteiger partial charge in [-0.15, -0.1) is 0 Å². The summed E-state index contributed by atoms with van der Waals surface area (Å²) in [6, 6.07) is 0. The zero-order valence-corrected chi connectivity index (χ0v) is 8.71. The molecule has 0 spiro atoms. The van der Waals surface area contributed by atoms with Crippen LogP contribution in [0.1, 0.15) is 13.3 Å². The van der Waals surface area contributed by atoms with E-state index >= 15 is 0 Å². The average molecular weight is 206 g/mol. The molecule has 1 heterocycles. The zero-order chi connectivity index (χ0) is 10.7. The Bertz CT molecular complexity index is 159. The van der Waals surface area contributed by atoms with E-state index in [0.29, 0.717) is 6.42 Å². The van der Waals surface area contributed by atoms with Gasteiger partial charge < -0.3 is 24.4 Å². The molecular weight excluding hydrogens is 188 g/mol. The van der Waals surface area contributed by atoms with E-state index in [9.17, 15) is 10.2 Å². The number of hydrogen-bond acceptors (Lipinski definition) is 5. The van der Waals surface area contributed by atoms with Gasteiger partial charge >= 0.3 is 0 Å². The van der Waals surface area contributed by atoms with Gasteiger partial charge in [0.2, 0.25) is 0 Å². The molecule has 84 valence electrons. The van der Waals surface area contributed by atoms with E-state index in [1.807, 2.05) is 6.92 Å². The van der Waals surface area contributed by atoms with E-state index in [1.54, 1.807) is 0 Å². The Hall–Kier alpha value is -0.200. The van der Waals surface area contributed by atoms with Gasteiger partial charge in [-0.2, -0.15) is 0 Å². The van der Waals surface area contributed by atoms with Gasteiger partial charge in [-0.25, -0.2) is 0 Å². The Kier molecular flexibility index (Phi) is 4.28. The Labute approximate surface area is 83.6 Å². The van der Waals surface area contributed by atoms with Gasteiger partial charge in [0.25, 0.3) is 0 Å². The Morgan fingerprint density at radius 3 is 2.21 bits per heavy atom. The summed E-state index contributed by atoms with van der Waals surface area (Å²) in [5.74, 6) is 0. The van der Waals surface area contributed by atoms with Crippen LogP contribution in [0.25, 0.3) is 0 Å². The molecule has 0 saturated carbocycles. The van der Waals surface area contributed by atoms with Crippen molar-refractivity contribution >= 4 is 0 Å². The number of ether oxygens (including phenoxy) is 3. The lowest BCUT2D eigenvalue weighted by Gasteiger charge is -2.41. The first kappa shape index (κ1) is 11.9. The summed E-state index contributed by atoms with van der Waals surface area (Å²) in [5, 5.41) is 19.4. The summed E-state index contributed by atoms with van der Waals surface area (Å²) < 4.78 is 15.3. The molecule has 5 atom stereocenters. The molecule has 0 amide bonds. The molecule has 1 aliphatic heterocycles. The summed E-state index contributed by atoms with van der Waals surface area (Å²) >= 11 is 0. The highest BCUT2D eigenvalue weighted by Crippen LogP contribution is 2.24. The quantitative estimate of drug-likeness (QED) is 0.652. The highest BCUT2D eigenvalue weighted by molar-refractivity contribution is 4.89. The van der Waals surface area contributed by atoms with Crippen LogP contribution in [0.3, 0.4) is 0 Å². The van der Waals surface area contributed by atoms with Gasteiger partial charge in [0.05, 0.1) is 6.10 Å². The molecule has 1 saturated heterocycles. The minimum Gasteiger partial charge on any atom is -0.388 e. The number of aliphatic hydroxyl groups excluding tert-OH is 2. The number of methoxy groups -OCH3 is 2. The van der Waals surface area contributed by atoms with Gasteiger partial charge in [-0.1, -0.05) is 6.92 Å². The Morgan fingerprint density at radius 2 is 1.79 bits per heavy atom. The fourth-order valence-corrected chi connectivity index (χ4v) is 1.71. The van der Waals surface area contributed by atoms with Gasteiger partial charge in [0, 0.05) is 14.2 Å². The maximum Gasteiger partial charge on any atom is 0.186 e. The molecule has 0 aromatic carbocycles. The van der Waals surface area contributed by atoms with Gasteiger partial charge in [0.1, 0.15) is 18.3 Å². The minimum atomic E-state index is -0.956. The Morgan fingerprint density at radius 1 is 1.14 bits per heavy atom. The van der Waals surface area contributed by atoms with Crippen LogP contribution >= 0.6 is 0 Å². The molecule has 5 heteroatoms. The molecule has 0 radical (unpaired) electrons. The van der Waals surface area contributed by atoms with Gasteiger partial charge in [-0.05, 0) is 6.42 Å². The van der Waals surface area contributed by atoms with Gasteiger partial charge in [-0.3, -0.25) is 0 Å². The van der Waals surface area contributed by atoms with Crippen molar-refractivity contribution in [1.29, 1.82) is 0 Å². The van der Waals surface area contributed by atoms with Crippen molar-refractivity contribution in [1.82, 2.24) is 0 Å². The lowest BCUT2D eigenvalue weighted by atomic mass is 9.97. The van der Waals surface area contributed by atoms with Crippen LogP contribution in [0.4, 0.5) is 0 Å². The third-order valence-electron chi connectivity index (χ3n) is 2.55. The molecule has 0 aromatic rings. The van der Waals surface area contributed by atoms with Crippen molar-refractivity contribution in [3.8, 4) is 0 Å². The molecule has 1 rings (SSSR count). The molecule has 5 nitrogen and oxygen atoms in total. The zero-order valence-electron chi connectivity index (χ0n) is 8.71. The van der Waals surface area contributed by atoms with Crippen LogP contribution < -0.4 is 0 Å². The summed E-state index contributed by atoms with van der Waals surface area (Å²) in [5.41, 5.74) is 0. The van der Waals surface area contributed by atoms with E-state index in [4.69, 9.17) is 14.2 Å². The maximum absolute atomic E-state index is 9.75. The van der Waals surface area contributed by atoms with E-state index < -0.39 is 24.6 Å². The van der Waals surface area contributed by atoms with Crippen molar-refractivity contribution in [2.24, 2.45) is 0 Å². The van der Waals surface area contributed by atoms with Crippen molar-refractivity contribution in [3.05, 3.63) is 0 Å². The second-order valence-electron chi connectivity index (χ2n) is 3.37. The maximum atomic E-state index is 9.75. The largest absolute Gasteiger partial charge is 0.388 e. The fraction of sp³-hybridized carbons (Fsp3) is 1.00. The smallest absolute Gasteiger partial charge is 0.186 e. The molecule has 5 unspecified atom stereocenters. The summed E-state index contributed by atoms with van der Waals surface area (Å²) in [4.78, 5) is 0. The molecule has 0 bridgehead atoms. The summed E-state index contributed by atoms with van der Waals surface area (Å²) in [6.07, 6.45) is -2.86. The highest BCUT2D eigenvalue weighted by Gasteiger charge is 2.44. The number of rotatable bonds is 3. The third kappa shape index (κ3) is 2.07. The fourth-order valence-electron chi connectivity index (χ4n) is 1.71. The second kappa shape index (κ2) is 5.04. The molecule has 1 aliphatic rings. The first-order valence-electron chi connectivity index (χ1n) is 4.72. The lowest BCUT2D eigenvalue weighted by molar-refractivity contribution is -0.294. The SMILES string of the molecule is CCC1OC(OC)C(O)C(OC)C1O. The van der Waals surface area contributed by atoms with Crippen LogP contribution in [-0.4, -0.2) is 55.1 Å². The molecule has 0 aliphatic carbocycles. The van der Waals surface area contributed by atoms with E-state index in [1.165, 1.54) is 14.2 Å². The van der Waals surface area contributed by atoms with Crippen molar-refractivity contribution < 1.29 is 24.4 Å². The third-order valence-corrected chi connectivity index (χ3v) is 2.55. The highest BCUT2D eigenvalue weighted by atomic mass is 16.7. The molecule has 2 N–H and O–H groups in total. The van der Waals surface area contributed by atoms with E-state index in [-0.39, 0.29) is 6.10 Å². The first-order valence-corrected chi connectivity index (χ1v) is 4.72. The average Bonchev–Trinajstić information content (AvgIpc) is 2.19. The minimum absolute atomic E-state index is 0.353. The number of hydrogen-bond donors (Lipinski definition) is 2. The Balaban J connectivity index is 2.72. The lowest BCUT2D eigenvalue weighted by Crippen LogP contribution is -2.58. The van der Waals surface area contributed by atoms with Crippen molar-refractivity contribution in [3.63, 3.8) is 0 Å². The van der Waals surface area contributed by atoms with Crippen LogP contribution in [0.15, 0.2) is 0 Å². The predicted molar refractivity (Wildman–Crippen MR) is 48.8 cm³/mol.